The molecule has 6 nitrogen and oxygen atoms in total. The van der Waals surface area contributed by atoms with Gasteiger partial charge < -0.3 is 14.6 Å². The molecule has 2 heterocycles. The Kier molecular flexibility index (Phi) is 3.90. The smallest absolute Gasteiger partial charge is 0.318 e. The number of halogens is 1. The summed E-state index contributed by atoms with van der Waals surface area (Å²) in [5.41, 5.74) is 1.84. The van der Waals surface area contributed by atoms with E-state index in [0.29, 0.717) is 10.8 Å². The molecule has 7 heteroatoms. The summed E-state index contributed by atoms with van der Waals surface area (Å²) < 4.78 is 10.1. The zero-order valence-electron chi connectivity index (χ0n) is 11.2. The molecule has 1 N–H and O–H groups in total. The number of hydrogen-bond donors (Lipinski definition) is 1. The minimum Gasteiger partial charge on any atom is -0.467 e. The summed E-state index contributed by atoms with van der Waals surface area (Å²) >= 11 is 6.06. The Bertz CT molecular complexity index is 566. The van der Waals surface area contributed by atoms with Crippen molar-refractivity contribution in [1.82, 2.24) is 15.1 Å². The molecule has 0 aliphatic rings. The zero-order chi connectivity index (χ0) is 14.0. The second kappa shape index (κ2) is 5.44. The van der Waals surface area contributed by atoms with Crippen LogP contribution >= 0.6 is 11.6 Å². The minimum absolute atomic E-state index is 0.0386. The van der Waals surface area contributed by atoms with Crippen molar-refractivity contribution < 1.29 is 9.26 Å². The minimum atomic E-state index is -0.0386. The predicted molar refractivity (Wildman–Crippen MR) is 71.6 cm³/mol. The summed E-state index contributed by atoms with van der Waals surface area (Å²) in [5.74, 6) is 1.29. The van der Waals surface area contributed by atoms with Crippen LogP contribution in [0.25, 0.3) is 0 Å². The molecule has 1 unspecified atom stereocenters. The lowest BCUT2D eigenvalue weighted by atomic mass is 10.1. The van der Waals surface area contributed by atoms with E-state index >= 15 is 0 Å². The summed E-state index contributed by atoms with van der Waals surface area (Å²) in [4.78, 5) is 8.10. The number of ether oxygens (including phenoxy) is 1. The quantitative estimate of drug-likeness (QED) is 0.929. The Hall–Kier alpha value is -1.82. The summed E-state index contributed by atoms with van der Waals surface area (Å²) in [7, 11) is 1.50. The Balaban J connectivity index is 2.26. The van der Waals surface area contributed by atoms with E-state index in [1.54, 1.807) is 0 Å². The van der Waals surface area contributed by atoms with E-state index in [2.05, 4.69) is 20.4 Å². The van der Waals surface area contributed by atoms with Gasteiger partial charge in [-0.15, -0.1) is 0 Å². The Morgan fingerprint density at radius 3 is 2.74 bits per heavy atom. The normalized spacial score (nSPS) is 12.3. The second-order valence-corrected chi connectivity index (χ2v) is 4.56. The highest BCUT2D eigenvalue weighted by Gasteiger charge is 2.18. The van der Waals surface area contributed by atoms with Crippen molar-refractivity contribution in [2.45, 2.75) is 26.8 Å². The van der Waals surface area contributed by atoms with Crippen molar-refractivity contribution in [3.05, 3.63) is 28.2 Å². The van der Waals surface area contributed by atoms with E-state index in [9.17, 15) is 0 Å². The lowest BCUT2D eigenvalue weighted by Gasteiger charge is -2.15. The molecule has 0 radical (unpaired) electrons. The van der Waals surface area contributed by atoms with E-state index in [1.165, 1.54) is 13.3 Å². The number of aromatic nitrogens is 3. The first-order valence-electron chi connectivity index (χ1n) is 5.78. The van der Waals surface area contributed by atoms with Crippen LogP contribution in [0.4, 0.5) is 5.82 Å². The van der Waals surface area contributed by atoms with Crippen LogP contribution in [0.5, 0.6) is 6.01 Å². The highest BCUT2D eigenvalue weighted by atomic mass is 35.5. The van der Waals surface area contributed by atoms with E-state index in [4.69, 9.17) is 20.9 Å². The molecule has 0 aromatic carbocycles. The zero-order valence-corrected chi connectivity index (χ0v) is 11.9. The van der Waals surface area contributed by atoms with Crippen molar-refractivity contribution >= 4 is 17.4 Å². The molecule has 0 aliphatic carbocycles. The van der Waals surface area contributed by atoms with Crippen molar-refractivity contribution in [3.8, 4) is 6.01 Å². The van der Waals surface area contributed by atoms with Crippen LogP contribution in [0.2, 0.25) is 5.02 Å². The molecule has 19 heavy (non-hydrogen) atoms. The highest BCUT2D eigenvalue weighted by Crippen LogP contribution is 2.28. The van der Waals surface area contributed by atoms with Crippen LogP contribution in [-0.4, -0.2) is 22.2 Å². The highest BCUT2D eigenvalue weighted by molar-refractivity contribution is 6.32. The maximum atomic E-state index is 6.06. The monoisotopic (exact) mass is 282 g/mol. The van der Waals surface area contributed by atoms with Crippen LogP contribution < -0.4 is 10.1 Å². The number of nitrogens with one attached hydrogen (secondary N) is 1. The molecule has 0 spiro atoms. The lowest BCUT2D eigenvalue weighted by molar-refractivity contribution is 0.380. The summed E-state index contributed by atoms with van der Waals surface area (Å²) in [6, 6.07) is 0.223. The van der Waals surface area contributed by atoms with Gasteiger partial charge in [0.25, 0.3) is 0 Å². The molecule has 1 atom stereocenters. The van der Waals surface area contributed by atoms with E-state index in [-0.39, 0.29) is 12.1 Å². The van der Waals surface area contributed by atoms with Crippen molar-refractivity contribution in [2.24, 2.45) is 0 Å². The molecule has 0 saturated carbocycles. The SMILES string of the molecule is COc1ncc(Cl)c(NC(C)c2c(C)noc2C)n1. The van der Waals surface area contributed by atoms with Gasteiger partial charge in [0.1, 0.15) is 10.8 Å². The van der Waals surface area contributed by atoms with Crippen LogP contribution in [0.15, 0.2) is 10.7 Å². The third kappa shape index (κ3) is 2.78. The maximum Gasteiger partial charge on any atom is 0.318 e. The van der Waals surface area contributed by atoms with Crippen LogP contribution in [-0.2, 0) is 0 Å². The topological polar surface area (TPSA) is 73.1 Å². The number of hydrogen-bond acceptors (Lipinski definition) is 6. The van der Waals surface area contributed by atoms with Gasteiger partial charge in [0.15, 0.2) is 5.82 Å². The molecule has 0 aliphatic heterocycles. The average Bonchev–Trinajstić information content (AvgIpc) is 2.71. The Morgan fingerprint density at radius 2 is 2.16 bits per heavy atom. The number of anilines is 1. The molecule has 0 saturated heterocycles. The van der Waals surface area contributed by atoms with Gasteiger partial charge >= 0.3 is 6.01 Å². The van der Waals surface area contributed by atoms with Gasteiger partial charge in [-0.3, -0.25) is 0 Å². The summed E-state index contributed by atoms with van der Waals surface area (Å²) in [6.07, 6.45) is 1.50. The molecule has 2 aromatic heterocycles. The van der Waals surface area contributed by atoms with Gasteiger partial charge in [0.2, 0.25) is 0 Å². The molecule has 0 bridgehead atoms. The first-order chi connectivity index (χ1) is 9.02. The average molecular weight is 283 g/mol. The maximum absolute atomic E-state index is 6.06. The number of aryl methyl sites for hydroxylation is 2. The van der Waals surface area contributed by atoms with Crippen LogP contribution in [0.1, 0.15) is 30.0 Å². The first-order valence-corrected chi connectivity index (χ1v) is 6.16. The van der Waals surface area contributed by atoms with Crippen molar-refractivity contribution in [3.63, 3.8) is 0 Å². The molecular formula is C12H15ClN4O2. The van der Waals surface area contributed by atoms with Gasteiger partial charge in [0.05, 0.1) is 25.0 Å². The van der Waals surface area contributed by atoms with Gasteiger partial charge in [-0.1, -0.05) is 16.8 Å². The second-order valence-electron chi connectivity index (χ2n) is 4.16. The van der Waals surface area contributed by atoms with Crippen molar-refractivity contribution in [2.75, 3.05) is 12.4 Å². The number of methoxy groups -OCH3 is 1. The Labute approximate surface area is 116 Å². The number of nitrogens with zero attached hydrogens (tertiary/aromatic N) is 3. The van der Waals surface area contributed by atoms with Crippen molar-refractivity contribution in [1.29, 1.82) is 0 Å². The predicted octanol–water partition coefficient (Wildman–Crippen LogP) is 2.92. The molecule has 2 aromatic rings. The molecule has 2 rings (SSSR count). The van der Waals surface area contributed by atoms with Crippen LogP contribution in [0, 0.1) is 13.8 Å². The third-order valence-electron chi connectivity index (χ3n) is 2.78. The summed E-state index contributed by atoms with van der Waals surface area (Å²) in [5, 5.41) is 7.57. The fraction of sp³-hybridized carbons (Fsp3) is 0.417. The fourth-order valence-corrected chi connectivity index (χ4v) is 2.08. The third-order valence-corrected chi connectivity index (χ3v) is 3.06. The lowest BCUT2D eigenvalue weighted by Crippen LogP contribution is -2.10. The Morgan fingerprint density at radius 1 is 1.42 bits per heavy atom. The van der Waals surface area contributed by atoms with Crippen LogP contribution in [0.3, 0.4) is 0 Å². The largest absolute Gasteiger partial charge is 0.467 e. The van der Waals surface area contributed by atoms with E-state index < -0.39 is 0 Å². The van der Waals surface area contributed by atoms with E-state index in [0.717, 1.165) is 17.0 Å². The standard InChI is InChI=1S/C12H15ClN4O2/c1-6(10-7(2)17-19-8(10)3)15-11-9(13)5-14-12(16-11)18-4/h5-6H,1-4H3,(H,14,15,16). The molecule has 0 fully saturated rings. The summed E-state index contributed by atoms with van der Waals surface area (Å²) in [6.45, 7) is 5.75. The van der Waals surface area contributed by atoms with Gasteiger partial charge in [0, 0.05) is 5.56 Å². The fourth-order valence-electron chi connectivity index (χ4n) is 1.94. The van der Waals surface area contributed by atoms with E-state index in [1.807, 2.05) is 20.8 Å². The van der Waals surface area contributed by atoms with Gasteiger partial charge in [-0.05, 0) is 20.8 Å². The first kappa shape index (κ1) is 13.6. The molecule has 0 amide bonds. The van der Waals surface area contributed by atoms with Gasteiger partial charge in [-0.25, -0.2) is 4.98 Å². The molecule has 102 valence electrons. The van der Waals surface area contributed by atoms with Gasteiger partial charge in [-0.2, -0.15) is 4.98 Å². The molecular weight excluding hydrogens is 268 g/mol. The number of rotatable bonds is 4.